The molecule has 0 amide bonds. The number of nitriles is 2. The highest BCUT2D eigenvalue weighted by molar-refractivity contribution is 7.89. The lowest BCUT2D eigenvalue weighted by Crippen LogP contribution is -2.33. The average molecular weight is 492 g/mol. The minimum absolute atomic E-state index is 0.155. The number of sulfonamides is 1. The van der Waals surface area contributed by atoms with Gasteiger partial charge in [-0.05, 0) is 30.7 Å². The third kappa shape index (κ3) is 6.72. The minimum atomic E-state index is -4.06. The number of nitrogens with two attached hydrogens (primary N) is 3. The molecule has 0 heterocycles. The van der Waals surface area contributed by atoms with Crippen LogP contribution in [0, 0.1) is 29.8 Å². The van der Waals surface area contributed by atoms with E-state index in [1.807, 2.05) is 19.1 Å². The molecular weight excluding hydrogens is 470 g/mol. The van der Waals surface area contributed by atoms with Crippen molar-refractivity contribution in [3.63, 3.8) is 0 Å². The summed E-state index contributed by atoms with van der Waals surface area (Å²) < 4.78 is 25.8. The molecule has 14 heteroatoms. The summed E-state index contributed by atoms with van der Waals surface area (Å²) in [5, 5.41) is 27.5. The number of guanidine groups is 2. The molecule has 0 saturated heterocycles. The highest BCUT2D eigenvalue weighted by atomic mass is 35.5. The van der Waals surface area contributed by atoms with Gasteiger partial charge >= 0.3 is 0 Å². The van der Waals surface area contributed by atoms with Gasteiger partial charge in [0.1, 0.15) is 10.6 Å². The Labute approximate surface area is 196 Å². The van der Waals surface area contributed by atoms with Gasteiger partial charge in [0, 0.05) is 14.1 Å². The van der Waals surface area contributed by atoms with Crippen LogP contribution in [0.15, 0.2) is 51.3 Å². The molecule has 0 radical (unpaired) electrons. The zero-order valence-electron chi connectivity index (χ0n) is 17.9. The minimum Gasteiger partial charge on any atom is -0.504 e. The van der Waals surface area contributed by atoms with Crippen molar-refractivity contribution in [2.24, 2.45) is 27.2 Å². The van der Waals surface area contributed by atoms with Gasteiger partial charge in [0.15, 0.2) is 11.9 Å². The van der Waals surface area contributed by atoms with Gasteiger partial charge in [-0.3, -0.25) is 0 Å². The Balaban J connectivity index is 0.000000801. The molecule has 0 aliphatic carbocycles. The molecule has 0 fully saturated rings. The van der Waals surface area contributed by atoms with Gasteiger partial charge in [0.25, 0.3) is 0 Å². The second kappa shape index (κ2) is 11.5. The number of aliphatic imine (C=N–C) groups is 2. The SMILES string of the molecule is Cc1ccccc1N=C(N)N(C#N)c1ccc(Cl)c(S(=O)(=O)N(C)C)c1O.N#CN=C(N)N. The van der Waals surface area contributed by atoms with Crippen molar-refractivity contribution in [3.05, 3.63) is 47.0 Å². The third-order valence-corrected chi connectivity index (χ3v) is 6.22. The fourth-order valence-corrected chi connectivity index (χ4v) is 3.77. The van der Waals surface area contributed by atoms with Crippen LogP contribution in [0.5, 0.6) is 5.75 Å². The number of hydrogen-bond acceptors (Lipinski definition) is 7. The van der Waals surface area contributed by atoms with Crippen LogP contribution in [0.3, 0.4) is 0 Å². The lowest BCUT2D eigenvalue weighted by Gasteiger charge is -2.20. The van der Waals surface area contributed by atoms with E-state index in [4.69, 9.17) is 34.1 Å². The summed E-state index contributed by atoms with van der Waals surface area (Å²) in [7, 11) is -1.46. The lowest BCUT2D eigenvalue weighted by atomic mass is 10.2. The maximum atomic E-state index is 12.5. The van der Waals surface area contributed by atoms with Crippen molar-refractivity contribution in [3.8, 4) is 18.1 Å². The van der Waals surface area contributed by atoms with E-state index in [1.54, 1.807) is 18.3 Å². The maximum Gasteiger partial charge on any atom is 0.247 e. The normalized spacial score (nSPS) is 10.9. The first-order valence-electron chi connectivity index (χ1n) is 8.89. The van der Waals surface area contributed by atoms with Crippen LogP contribution in [0.25, 0.3) is 0 Å². The van der Waals surface area contributed by atoms with Gasteiger partial charge in [-0.25, -0.2) is 22.6 Å². The molecular formula is C19H22ClN9O3S. The first-order chi connectivity index (χ1) is 15.4. The number of phenols is 1. The lowest BCUT2D eigenvalue weighted by molar-refractivity contribution is 0.454. The molecule has 33 heavy (non-hydrogen) atoms. The summed E-state index contributed by atoms with van der Waals surface area (Å²) in [6.45, 7) is 1.82. The summed E-state index contributed by atoms with van der Waals surface area (Å²) in [6.07, 6.45) is 3.20. The number of aryl methyl sites for hydroxylation is 1. The first kappa shape index (κ1) is 27.0. The topological polar surface area (TPSA) is 211 Å². The number of halogens is 1. The Morgan fingerprint density at radius 3 is 2.18 bits per heavy atom. The predicted molar refractivity (Wildman–Crippen MR) is 126 cm³/mol. The average Bonchev–Trinajstić information content (AvgIpc) is 2.72. The van der Waals surface area contributed by atoms with E-state index in [2.05, 4.69) is 9.98 Å². The summed E-state index contributed by atoms with van der Waals surface area (Å²) >= 11 is 5.98. The van der Waals surface area contributed by atoms with E-state index in [0.717, 1.165) is 14.8 Å². The standard InChI is InChI=1S/C17H18ClN5O3S.C2H4N4/c1-11-6-4-5-7-13(11)21-17(20)23(10-19)14-9-8-12(18)16(15(14)24)27(25,26)22(2)3;3-1-6-2(4)5/h4-9,24H,1-3H3,(H2,20,21);(H4,4,5,6). The van der Waals surface area contributed by atoms with Crippen molar-refractivity contribution < 1.29 is 13.5 Å². The van der Waals surface area contributed by atoms with Crippen molar-refractivity contribution in [2.75, 3.05) is 19.0 Å². The van der Waals surface area contributed by atoms with Crippen LogP contribution < -0.4 is 22.1 Å². The second-order valence-electron chi connectivity index (χ2n) is 6.36. The molecule has 0 aliphatic rings. The summed E-state index contributed by atoms with van der Waals surface area (Å²) in [4.78, 5) is 7.40. The van der Waals surface area contributed by atoms with Crippen molar-refractivity contribution in [2.45, 2.75) is 11.8 Å². The van der Waals surface area contributed by atoms with Crippen molar-refractivity contribution >= 4 is 44.9 Å². The number of phenolic OH excluding ortho intramolecular Hbond substituents is 1. The predicted octanol–water partition coefficient (Wildman–Crippen LogP) is 1.28. The highest BCUT2D eigenvalue weighted by Gasteiger charge is 2.29. The Morgan fingerprint density at radius 2 is 1.73 bits per heavy atom. The monoisotopic (exact) mass is 491 g/mol. The molecule has 174 valence electrons. The Morgan fingerprint density at radius 1 is 1.12 bits per heavy atom. The van der Waals surface area contributed by atoms with Crippen LogP contribution in [-0.4, -0.2) is 43.8 Å². The molecule has 0 unspecified atom stereocenters. The molecule has 0 atom stereocenters. The van der Waals surface area contributed by atoms with E-state index in [1.165, 1.54) is 32.4 Å². The largest absolute Gasteiger partial charge is 0.504 e. The number of nitrogens with zero attached hydrogens (tertiary/aromatic N) is 6. The summed E-state index contributed by atoms with van der Waals surface area (Å²) in [5.74, 6) is -1.13. The van der Waals surface area contributed by atoms with Gasteiger partial charge in [0.2, 0.25) is 28.1 Å². The van der Waals surface area contributed by atoms with E-state index >= 15 is 0 Å². The number of hydrogen-bond donors (Lipinski definition) is 4. The van der Waals surface area contributed by atoms with Crippen LogP contribution in [-0.2, 0) is 10.0 Å². The molecule has 0 bridgehead atoms. The van der Waals surface area contributed by atoms with Crippen LogP contribution in [0.2, 0.25) is 5.02 Å². The molecule has 0 aromatic heterocycles. The van der Waals surface area contributed by atoms with Crippen LogP contribution in [0.4, 0.5) is 11.4 Å². The van der Waals surface area contributed by atoms with E-state index in [9.17, 15) is 18.8 Å². The highest BCUT2D eigenvalue weighted by Crippen LogP contribution is 2.39. The van der Waals surface area contributed by atoms with Crippen LogP contribution >= 0.6 is 11.6 Å². The Hall–Kier alpha value is -4.04. The van der Waals surface area contributed by atoms with E-state index in [0.29, 0.717) is 5.69 Å². The molecule has 0 saturated carbocycles. The van der Waals surface area contributed by atoms with Crippen molar-refractivity contribution in [1.29, 1.82) is 10.5 Å². The number of anilines is 1. The third-order valence-electron chi connectivity index (χ3n) is 3.90. The van der Waals surface area contributed by atoms with E-state index in [-0.39, 0.29) is 22.6 Å². The van der Waals surface area contributed by atoms with E-state index < -0.39 is 20.7 Å². The smallest absolute Gasteiger partial charge is 0.247 e. The number of aromatic hydroxyl groups is 1. The zero-order chi connectivity index (χ0) is 25.3. The molecule has 0 aliphatic heterocycles. The number of benzene rings is 2. The van der Waals surface area contributed by atoms with Gasteiger partial charge in [-0.1, -0.05) is 29.8 Å². The van der Waals surface area contributed by atoms with Gasteiger partial charge in [-0.15, -0.1) is 4.99 Å². The quantitative estimate of drug-likeness (QED) is 0.209. The molecule has 2 aromatic carbocycles. The number of para-hydroxylation sites is 1. The Bertz CT molecular complexity index is 1260. The zero-order valence-corrected chi connectivity index (χ0v) is 19.5. The summed E-state index contributed by atoms with van der Waals surface area (Å²) in [5.41, 5.74) is 16.6. The van der Waals surface area contributed by atoms with Gasteiger partial charge < -0.3 is 22.3 Å². The molecule has 2 rings (SSSR count). The molecule has 12 nitrogen and oxygen atoms in total. The maximum absolute atomic E-state index is 12.5. The molecule has 7 N–H and O–H groups in total. The molecule has 2 aromatic rings. The fourth-order valence-electron chi connectivity index (χ4n) is 2.29. The fraction of sp³-hybridized carbons (Fsp3) is 0.158. The van der Waals surface area contributed by atoms with Crippen molar-refractivity contribution in [1.82, 2.24) is 4.31 Å². The molecule has 0 spiro atoms. The Kier molecular flexibility index (Phi) is 9.44. The van der Waals surface area contributed by atoms with Gasteiger partial charge in [-0.2, -0.15) is 10.5 Å². The van der Waals surface area contributed by atoms with Crippen LogP contribution in [0.1, 0.15) is 5.56 Å². The first-order valence-corrected chi connectivity index (χ1v) is 10.7. The second-order valence-corrected chi connectivity index (χ2v) is 8.86. The van der Waals surface area contributed by atoms with Gasteiger partial charge in [0.05, 0.1) is 10.7 Å². The number of rotatable bonds is 4. The summed E-state index contributed by atoms with van der Waals surface area (Å²) in [6, 6.07) is 9.67.